The molecule has 0 fully saturated rings. The highest BCUT2D eigenvalue weighted by molar-refractivity contribution is 5.94. The third-order valence-electron chi connectivity index (χ3n) is 4.43. The summed E-state index contributed by atoms with van der Waals surface area (Å²) < 4.78 is 11.1. The van der Waals surface area contributed by atoms with Crippen molar-refractivity contribution in [3.05, 3.63) is 59.2 Å². The van der Waals surface area contributed by atoms with Crippen molar-refractivity contribution in [3.8, 4) is 11.5 Å². The first-order chi connectivity index (χ1) is 11.8. The monoisotopic (exact) mass is 339 g/mol. The van der Waals surface area contributed by atoms with Gasteiger partial charge in [-0.15, -0.1) is 0 Å². The minimum Gasteiger partial charge on any atom is -0.486 e. The van der Waals surface area contributed by atoms with Gasteiger partial charge in [-0.3, -0.25) is 4.79 Å². The molecule has 25 heavy (non-hydrogen) atoms. The Balaban J connectivity index is 1.70. The number of hydrogen-bond donors (Lipinski definition) is 1. The molecule has 0 saturated carbocycles. The molecule has 4 heteroatoms. The van der Waals surface area contributed by atoms with Gasteiger partial charge in [0.2, 0.25) is 0 Å². The Kier molecular flexibility index (Phi) is 4.71. The van der Waals surface area contributed by atoms with Crippen LogP contribution >= 0.6 is 0 Å². The van der Waals surface area contributed by atoms with Crippen LogP contribution in [0.25, 0.3) is 0 Å². The second-order valence-electron chi connectivity index (χ2n) is 7.43. The zero-order valence-electron chi connectivity index (χ0n) is 15.3. The molecule has 132 valence electrons. The summed E-state index contributed by atoms with van der Waals surface area (Å²) in [5.41, 5.74) is 2.94. The topological polar surface area (TPSA) is 47.6 Å². The van der Waals surface area contributed by atoms with Gasteiger partial charge in [-0.25, -0.2) is 0 Å². The van der Waals surface area contributed by atoms with E-state index in [2.05, 4.69) is 26.1 Å². The van der Waals surface area contributed by atoms with Gasteiger partial charge in [0.1, 0.15) is 13.2 Å². The van der Waals surface area contributed by atoms with Crippen molar-refractivity contribution in [2.45, 2.75) is 39.2 Å². The lowest BCUT2D eigenvalue weighted by molar-refractivity contribution is 0.0939. The standard InChI is InChI=1S/C21H25NO3/c1-14(16-7-10-18-19(13-16)25-12-11-24-18)22-20(23)15-5-8-17(9-6-15)21(2,3)4/h5-10,13-14H,11-12H2,1-4H3,(H,22,23). The number of carbonyl (C=O) groups excluding carboxylic acids is 1. The molecule has 0 aliphatic carbocycles. The summed E-state index contributed by atoms with van der Waals surface area (Å²) in [6, 6.07) is 13.5. The Bertz CT molecular complexity index is 760. The summed E-state index contributed by atoms with van der Waals surface area (Å²) in [6.45, 7) is 9.57. The van der Waals surface area contributed by atoms with Gasteiger partial charge in [-0.1, -0.05) is 39.0 Å². The molecule has 1 amide bonds. The predicted molar refractivity (Wildman–Crippen MR) is 98.5 cm³/mol. The summed E-state index contributed by atoms with van der Waals surface area (Å²) in [7, 11) is 0. The molecule has 3 rings (SSSR count). The van der Waals surface area contributed by atoms with Crippen LogP contribution in [-0.2, 0) is 5.41 Å². The number of rotatable bonds is 3. The fourth-order valence-electron chi connectivity index (χ4n) is 2.81. The lowest BCUT2D eigenvalue weighted by Gasteiger charge is -2.21. The van der Waals surface area contributed by atoms with Crippen LogP contribution in [0.15, 0.2) is 42.5 Å². The van der Waals surface area contributed by atoms with E-state index in [9.17, 15) is 4.79 Å². The SMILES string of the molecule is CC(NC(=O)c1ccc(C(C)(C)C)cc1)c1ccc2c(c1)OCCO2. The maximum atomic E-state index is 12.5. The smallest absolute Gasteiger partial charge is 0.251 e. The first-order valence-electron chi connectivity index (χ1n) is 8.65. The zero-order valence-corrected chi connectivity index (χ0v) is 15.3. The van der Waals surface area contributed by atoms with E-state index in [4.69, 9.17) is 9.47 Å². The molecule has 1 unspecified atom stereocenters. The van der Waals surface area contributed by atoms with Crippen LogP contribution in [0.1, 0.15) is 55.2 Å². The van der Waals surface area contributed by atoms with Crippen LogP contribution in [0, 0.1) is 0 Å². The summed E-state index contributed by atoms with van der Waals surface area (Å²) in [6.07, 6.45) is 0. The van der Waals surface area contributed by atoms with Crippen molar-refractivity contribution in [3.63, 3.8) is 0 Å². The third kappa shape index (κ3) is 3.95. The highest BCUT2D eigenvalue weighted by Gasteiger charge is 2.17. The normalized spacial score (nSPS) is 14.7. The molecular formula is C21H25NO3. The Morgan fingerprint density at radius 1 is 1.00 bits per heavy atom. The number of carbonyl (C=O) groups is 1. The van der Waals surface area contributed by atoms with E-state index in [0.29, 0.717) is 18.8 Å². The van der Waals surface area contributed by atoms with Crippen LogP contribution in [0.2, 0.25) is 0 Å². The number of amides is 1. The first kappa shape index (κ1) is 17.3. The predicted octanol–water partition coefficient (Wildman–Crippen LogP) is 4.25. The molecule has 2 aromatic rings. The summed E-state index contributed by atoms with van der Waals surface area (Å²) >= 11 is 0. The Morgan fingerprint density at radius 2 is 1.64 bits per heavy atom. The van der Waals surface area contributed by atoms with Crippen LogP contribution in [0.4, 0.5) is 0 Å². The van der Waals surface area contributed by atoms with Gasteiger partial charge in [0.25, 0.3) is 5.91 Å². The molecular weight excluding hydrogens is 314 g/mol. The van der Waals surface area contributed by atoms with Gasteiger partial charge >= 0.3 is 0 Å². The van der Waals surface area contributed by atoms with Crippen LogP contribution in [0.5, 0.6) is 11.5 Å². The van der Waals surface area contributed by atoms with E-state index >= 15 is 0 Å². The van der Waals surface area contributed by atoms with Crippen LogP contribution < -0.4 is 14.8 Å². The van der Waals surface area contributed by atoms with Crippen molar-refractivity contribution in [2.24, 2.45) is 0 Å². The van der Waals surface area contributed by atoms with Gasteiger partial charge in [-0.05, 0) is 47.7 Å². The minimum atomic E-state index is -0.120. The number of fused-ring (bicyclic) bond motifs is 1. The van der Waals surface area contributed by atoms with Gasteiger partial charge in [0.05, 0.1) is 6.04 Å². The molecule has 2 aromatic carbocycles. The van der Waals surface area contributed by atoms with E-state index in [1.54, 1.807) is 0 Å². The largest absolute Gasteiger partial charge is 0.486 e. The Morgan fingerprint density at radius 3 is 2.28 bits per heavy atom. The van der Waals surface area contributed by atoms with Crippen molar-refractivity contribution in [2.75, 3.05) is 13.2 Å². The maximum Gasteiger partial charge on any atom is 0.251 e. The second kappa shape index (κ2) is 6.79. The van der Waals surface area contributed by atoms with Gasteiger partial charge in [0, 0.05) is 5.56 Å². The average molecular weight is 339 g/mol. The molecule has 1 atom stereocenters. The molecule has 0 radical (unpaired) electrons. The maximum absolute atomic E-state index is 12.5. The summed E-state index contributed by atoms with van der Waals surface area (Å²) in [4.78, 5) is 12.5. The second-order valence-corrected chi connectivity index (χ2v) is 7.43. The molecule has 0 saturated heterocycles. The molecule has 0 aromatic heterocycles. The van der Waals surface area contributed by atoms with Gasteiger partial charge in [0.15, 0.2) is 11.5 Å². The van der Waals surface area contributed by atoms with Gasteiger partial charge in [-0.2, -0.15) is 0 Å². The van der Waals surface area contributed by atoms with E-state index in [1.165, 1.54) is 5.56 Å². The fourth-order valence-corrected chi connectivity index (χ4v) is 2.81. The Hall–Kier alpha value is -2.49. The van der Waals surface area contributed by atoms with Crippen molar-refractivity contribution in [1.82, 2.24) is 5.32 Å². The quantitative estimate of drug-likeness (QED) is 0.909. The lowest BCUT2D eigenvalue weighted by atomic mass is 9.86. The van der Waals surface area contributed by atoms with E-state index < -0.39 is 0 Å². The Labute approximate surface area is 149 Å². The number of benzene rings is 2. The number of nitrogens with one attached hydrogen (secondary N) is 1. The molecule has 1 heterocycles. The zero-order chi connectivity index (χ0) is 18.0. The van der Waals surface area contributed by atoms with E-state index in [1.807, 2.05) is 49.4 Å². The summed E-state index contributed by atoms with van der Waals surface area (Å²) in [5, 5.41) is 3.04. The molecule has 0 spiro atoms. The molecule has 4 nitrogen and oxygen atoms in total. The van der Waals surface area contributed by atoms with Crippen LogP contribution in [-0.4, -0.2) is 19.1 Å². The average Bonchev–Trinajstić information content (AvgIpc) is 2.60. The molecule has 1 N–H and O–H groups in total. The third-order valence-corrected chi connectivity index (χ3v) is 4.43. The van der Waals surface area contributed by atoms with E-state index in [-0.39, 0.29) is 17.4 Å². The molecule has 0 bridgehead atoms. The molecule has 1 aliphatic rings. The van der Waals surface area contributed by atoms with Crippen LogP contribution in [0.3, 0.4) is 0 Å². The fraction of sp³-hybridized carbons (Fsp3) is 0.381. The summed E-state index contributed by atoms with van der Waals surface area (Å²) in [5.74, 6) is 1.41. The minimum absolute atomic E-state index is 0.0769. The van der Waals surface area contributed by atoms with Crippen molar-refractivity contribution in [1.29, 1.82) is 0 Å². The van der Waals surface area contributed by atoms with E-state index in [0.717, 1.165) is 17.1 Å². The lowest BCUT2D eigenvalue weighted by Crippen LogP contribution is -2.27. The highest BCUT2D eigenvalue weighted by Crippen LogP contribution is 2.32. The van der Waals surface area contributed by atoms with Gasteiger partial charge < -0.3 is 14.8 Å². The van der Waals surface area contributed by atoms with Crippen molar-refractivity contribution >= 4 is 5.91 Å². The number of ether oxygens (including phenoxy) is 2. The highest BCUT2D eigenvalue weighted by atomic mass is 16.6. The van der Waals surface area contributed by atoms with Crippen molar-refractivity contribution < 1.29 is 14.3 Å². The molecule has 1 aliphatic heterocycles. The first-order valence-corrected chi connectivity index (χ1v) is 8.65. The number of hydrogen-bond acceptors (Lipinski definition) is 3.